The van der Waals surface area contributed by atoms with Gasteiger partial charge in [-0.2, -0.15) is 13.2 Å². The van der Waals surface area contributed by atoms with Gasteiger partial charge < -0.3 is 14.7 Å². The monoisotopic (exact) mass is 423 g/mol. The second-order valence-corrected chi connectivity index (χ2v) is 8.84. The van der Waals surface area contributed by atoms with Crippen molar-refractivity contribution in [2.24, 2.45) is 17.3 Å². The van der Waals surface area contributed by atoms with Crippen molar-refractivity contribution in [3.63, 3.8) is 0 Å². The number of aliphatic hydroxyl groups is 1. The van der Waals surface area contributed by atoms with Gasteiger partial charge in [-0.25, -0.2) is 10.2 Å². The lowest BCUT2D eigenvalue weighted by Crippen LogP contribution is -2.54. The van der Waals surface area contributed by atoms with Crippen molar-refractivity contribution in [3.8, 4) is 0 Å². The number of carbonyl (C=O) groups excluding carboxylic acids is 3. The molecular formula is C18H28F3N3O5. The maximum absolute atomic E-state index is 12.6. The average molecular weight is 423 g/mol. The zero-order chi connectivity index (χ0) is 22.2. The van der Waals surface area contributed by atoms with Gasteiger partial charge >= 0.3 is 12.3 Å². The largest absolute Gasteiger partial charge is 0.443 e. The molecule has 2 fully saturated rings. The van der Waals surface area contributed by atoms with Crippen LogP contribution in [-0.4, -0.2) is 58.9 Å². The molecule has 3 atom stereocenters. The summed E-state index contributed by atoms with van der Waals surface area (Å²) in [5.74, 6) is -2.16. The number of alkyl halides is 3. The van der Waals surface area contributed by atoms with Crippen LogP contribution in [0.1, 0.15) is 47.0 Å². The molecule has 166 valence electrons. The maximum Gasteiger partial charge on any atom is 0.426 e. The van der Waals surface area contributed by atoms with Crippen molar-refractivity contribution >= 4 is 17.9 Å². The van der Waals surface area contributed by atoms with Crippen LogP contribution in [0.5, 0.6) is 0 Å². The molecule has 1 aliphatic heterocycles. The summed E-state index contributed by atoms with van der Waals surface area (Å²) in [6, 6.07) is 0. The molecule has 1 saturated heterocycles. The zero-order valence-electron chi connectivity index (χ0n) is 16.9. The van der Waals surface area contributed by atoms with Crippen LogP contribution in [0.4, 0.5) is 18.0 Å². The van der Waals surface area contributed by atoms with Gasteiger partial charge in [0.25, 0.3) is 5.91 Å². The number of hydrogen-bond acceptors (Lipinski definition) is 5. The Labute approximate surface area is 167 Å². The molecule has 0 spiro atoms. The van der Waals surface area contributed by atoms with E-state index in [1.165, 1.54) is 0 Å². The van der Waals surface area contributed by atoms with Crippen LogP contribution >= 0.6 is 0 Å². The molecule has 0 bridgehead atoms. The summed E-state index contributed by atoms with van der Waals surface area (Å²) in [7, 11) is 0. The standard InChI is InChI=1S/C18H28F3N3O5/c1-10-9-24(13(26)12(25)18(19,20)21)8-5-11(10)17(6-7-17)14(27)22-23-15(28)29-16(2,3)4/h10-12,25H,5-9H2,1-4H3,(H,22,27)(H,23,28)/t10?,11?,12-/m1/s1. The number of carbonyl (C=O) groups is 3. The Kier molecular flexibility index (Phi) is 6.41. The molecule has 2 aliphatic rings. The predicted octanol–water partition coefficient (Wildman–Crippen LogP) is 1.73. The molecule has 0 radical (unpaired) electrons. The third kappa shape index (κ3) is 5.52. The summed E-state index contributed by atoms with van der Waals surface area (Å²) in [5, 5.41) is 9.19. The van der Waals surface area contributed by atoms with Crippen LogP contribution in [0.2, 0.25) is 0 Å². The average Bonchev–Trinajstić information content (AvgIpc) is 3.37. The van der Waals surface area contributed by atoms with Crippen molar-refractivity contribution in [1.82, 2.24) is 15.8 Å². The van der Waals surface area contributed by atoms with Gasteiger partial charge in [0, 0.05) is 13.1 Å². The first-order valence-electron chi connectivity index (χ1n) is 9.50. The quantitative estimate of drug-likeness (QED) is 0.600. The minimum Gasteiger partial charge on any atom is -0.443 e. The van der Waals surface area contributed by atoms with Crippen molar-refractivity contribution in [1.29, 1.82) is 0 Å². The van der Waals surface area contributed by atoms with E-state index in [-0.39, 0.29) is 30.8 Å². The van der Waals surface area contributed by atoms with E-state index in [4.69, 9.17) is 4.74 Å². The minimum absolute atomic E-state index is 0.0190. The number of hydrazine groups is 1. The maximum atomic E-state index is 12.6. The summed E-state index contributed by atoms with van der Waals surface area (Å²) < 4.78 is 42.8. The molecule has 8 nitrogen and oxygen atoms in total. The molecule has 11 heteroatoms. The Morgan fingerprint density at radius 1 is 1.17 bits per heavy atom. The van der Waals surface area contributed by atoms with Crippen LogP contribution in [0.25, 0.3) is 0 Å². The van der Waals surface area contributed by atoms with Crippen LogP contribution in [0.15, 0.2) is 0 Å². The molecule has 3 amide bonds. The molecule has 1 aliphatic carbocycles. The Hall–Kier alpha value is -2.04. The van der Waals surface area contributed by atoms with Gasteiger partial charge in [-0.05, 0) is 51.9 Å². The highest BCUT2D eigenvalue weighted by Gasteiger charge is 2.58. The minimum atomic E-state index is -5.01. The number of halogens is 3. The zero-order valence-corrected chi connectivity index (χ0v) is 16.9. The van der Waals surface area contributed by atoms with E-state index in [0.717, 1.165) is 4.90 Å². The van der Waals surface area contributed by atoms with Gasteiger partial charge in [0.15, 0.2) is 0 Å². The molecule has 29 heavy (non-hydrogen) atoms. The molecule has 1 heterocycles. The second kappa shape index (κ2) is 8.00. The number of likely N-dealkylation sites (tertiary alicyclic amines) is 1. The summed E-state index contributed by atoms with van der Waals surface area (Å²) in [6.45, 7) is 6.86. The molecule has 2 rings (SSSR count). The van der Waals surface area contributed by atoms with E-state index in [1.807, 2.05) is 0 Å². The summed E-state index contributed by atoms with van der Waals surface area (Å²) in [6.07, 6.45) is -7.34. The van der Waals surface area contributed by atoms with Crippen LogP contribution < -0.4 is 10.9 Å². The van der Waals surface area contributed by atoms with E-state index < -0.39 is 35.3 Å². The molecule has 2 unspecified atom stereocenters. The number of ether oxygens (including phenoxy) is 1. The number of nitrogens with zero attached hydrogens (tertiary/aromatic N) is 1. The summed E-state index contributed by atoms with van der Waals surface area (Å²) >= 11 is 0. The highest BCUT2D eigenvalue weighted by atomic mass is 19.4. The Bertz CT molecular complexity index is 658. The molecule has 0 aromatic heterocycles. The first-order chi connectivity index (χ1) is 13.2. The van der Waals surface area contributed by atoms with Crippen molar-refractivity contribution in [3.05, 3.63) is 0 Å². The van der Waals surface area contributed by atoms with Crippen LogP contribution in [-0.2, 0) is 14.3 Å². The number of piperidine rings is 1. The lowest BCUT2D eigenvalue weighted by molar-refractivity contribution is -0.211. The lowest BCUT2D eigenvalue weighted by atomic mass is 9.74. The number of rotatable bonds is 3. The Morgan fingerprint density at radius 3 is 2.21 bits per heavy atom. The van der Waals surface area contributed by atoms with Gasteiger partial charge in [-0.1, -0.05) is 6.92 Å². The second-order valence-electron chi connectivity index (χ2n) is 8.84. The number of nitrogens with one attached hydrogen (secondary N) is 2. The smallest absolute Gasteiger partial charge is 0.426 e. The van der Waals surface area contributed by atoms with E-state index in [0.29, 0.717) is 19.3 Å². The number of aliphatic hydroxyl groups excluding tert-OH is 1. The first kappa shape index (κ1) is 23.2. The van der Waals surface area contributed by atoms with Crippen LogP contribution in [0.3, 0.4) is 0 Å². The third-order valence-corrected chi connectivity index (χ3v) is 5.39. The highest BCUT2D eigenvalue weighted by Crippen LogP contribution is 2.56. The molecule has 0 aromatic rings. The Balaban J connectivity index is 1.93. The predicted molar refractivity (Wildman–Crippen MR) is 95.1 cm³/mol. The van der Waals surface area contributed by atoms with Crippen LogP contribution in [0, 0.1) is 17.3 Å². The van der Waals surface area contributed by atoms with Gasteiger partial charge in [-0.15, -0.1) is 0 Å². The van der Waals surface area contributed by atoms with Crippen molar-refractivity contribution < 1.29 is 37.4 Å². The number of amides is 3. The van der Waals surface area contributed by atoms with Gasteiger partial charge in [0.2, 0.25) is 12.0 Å². The molecule has 3 N–H and O–H groups in total. The van der Waals surface area contributed by atoms with E-state index in [9.17, 15) is 32.7 Å². The fraction of sp³-hybridized carbons (Fsp3) is 0.833. The molecule has 0 aromatic carbocycles. The summed E-state index contributed by atoms with van der Waals surface area (Å²) in [5.41, 5.74) is 3.13. The first-order valence-corrected chi connectivity index (χ1v) is 9.50. The van der Waals surface area contributed by atoms with E-state index in [2.05, 4.69) is 10.9 Å². The molecule has 1 saturated carbocycles. The highest BCUT2D eigenvalue weighted by molar-refractivity contribution is 5.87. The van der Waals surface area contributed by atoms with Crippen molar-refractivity contribution in [2.45, 2.75) is 64.8 Å². The normalized spacial score (nSPS) is 25.0. The van der Waals surface area contributed by atoms with Gasteiger partial charge in [0.1, 0.15) is 5.60 Å². The van der Waals surface area contributed by atoms with Gasteiger partial charge in [-0.3, -0.25) is 15.0 Å². The van der Waals surface area contributed by atoms with Crippen molar-refractivity contribution in [2.75, 3.05) is 13.1 Å². The molecular weight excluding hydrogens is 395 g/mol. The fourth-order valence-corrected chi connectivity index (χ4v) is 3.92. The lowest BCUT2D eigenvalue weighted by Gasteiger charge is -2.41. The fourth-order valence-electron chi connectivity index (χ4n) is 3.92. The van der Waals surface area contributed by atoms with E-state index >= 15 is 0 Å². The summed E-state index contributed by atoms with van der Waals surface area (Å²) in [4.78, 5) is 37.2. The topological polar surface area (TPSA) is 108 Å². The van der Waals surface area contributed by atoms with Gasteiger partial charge in [0.05, 0.1) is 5.41 Å². The van der Waals surface area contributed by atoms with E-state index in [1.54, 1.807) is 27.7 Å². The number of hydrogen-bond donors (Lipinski definition) is 3. The Morgan fingerprint density at radius 2 is 1.76 bits per heavy atom. The third-order valence-electron chi connectivity index (χ3n) is 5.39. The SMILES string of the molecule is CC1CN(C(=O)[C@@H](O)C(F)(F)F)CCC1C1(C(=O)NNC(=O)OC(C)(C)C)CC1.